The molecule has 1 fully saturated rings. The number of hydrogen-bond donors (Lipinski definition) is 2. The van der Waals surface area contributed by atoms with Crippen LogP contribution in [0.1, 0.15) is 47.5 Å². The van der Waals surface area contributed by atoms with Crippen molar-refractivity contribution in [2.24, 2.45) is 5.92 Å². The summed E-state index contributed by atoms with van der Waals surface area (Å²) in [5.41, 5.74) is -0.842. The Morgan fingerprint density at radius 1 is 1.30 bits per heavy atom. The third-order valence-electron chi connectivity index (χ3n) is 3.62. The van der Waals surface area contributed by atoms with Crippen LogP contribution in [0.25, 0.3) is 0 Å². The highest BCUT2D eigenvalue weighted by atomic mass is 16.2. The van der Waals surface area contributed by atoms with Crippen LogP contribution in [0.4, 0.5) is 4.79 Å². The maximum absolute atomic E-state index is 11.9. The Kier molecular flexibility index (Phi) is 5.14. The quantitative estimate of drug-likeness (QED) is 0.720. The summed E-state index contributed by atoms with van der Waals surface area (Å²) >= 11 is 0. The highest BCUT2D eigenvalue weighted by Gasteiger charge is 2.43. The molecule has 0 saturated carbocycles. The first-order chi connectivity index (χ1) is 9.15. The first-order valence-corrected chi connectivity index (χ1v) is 7.08. The summed E-state index contributed by atoms with van der Waals surface area (Å²) in [6.07, 6.45) is 0.792. The van der Waals surface area contributed by atoms with E-state index >= 15 is 0 Å². The maximum Gasteiger partial charge on any atom is 0.325 e. The third kappa shape index (κ3) is 3.95. The molecule has 0 aliphatic carbocycles. The smallest absolute Gasteiger partial charge is 0.325 e. The minimum absolute atomic E-state index is 0.0440. The number of nitrogens with zero attached hydrogens (tertiary/aromatic N) is 1. The molecule has 0 spiro atoms. The van der Waals surface area contributed by atoms with Gasteiger partial charge in [0.1, 0.15) is 5.54 Å². The van der Waals surface area contributed by atoms with Crippen molar-refractivity contribution in [3.05, 3.63) is 0 Å². The van der Waals surface area contributed by atoms with Gasteiger partial charge in [0.15, 0.2) is 0 Å². The number of urea groups is 1. The van der Waals surface area contributed by atoms with Gasteiger partial charge >= 0.3 is 6.03 Å². The summed E-state index contributed by atoms with van der Waals surface area (Å²) in [6.45, 7) is 9.66. The fourth-order valence-corrected chi connectivity index (χ4v) is 1.91. The van der Waals surface area contributed by atoms with Crippen LogP contribution < -0.4 is 10.6 Å². The normalized spacial score (nSPS) is 19.2. The fraction of sp³-hybridized carbons (Fsp3) is 0.786. The molecule has 2 N–H and O–H groups in total. The molecule has 1 rings (SSSR count). The van der Waals surface area contributed by atoms with Crippen LogP contribution in [0, 0.1) is 5.92 Å². The number of nitrogens with one attached hydrogen (secondary N) is 2. The molecule has 4 amide bonds. The van der Waals surface area contributed by atoms with E-state index in [1.54, 1.807) is 13.8 Å². The van der Waals surface area contributed by atoms with Gasteiger partial charge in [0.05, 0.1) is 0 Å². The summed E-state index contributed by atoms with van der Waals surface area (Å²) in [6, 6.07) is -0.255. The van der Waals surface area contributed by atoms with E-state index in [0.717, 1.165) is 0 Å². The monoisotopic (exact) mass is 283 g/mol. The average molecular weight is 283 g/mol. The van der Waals surface area contributed by atoms with E-state index in [1.165, 1.54) is 4.90 Å². The van der Waals surface area contributed by atoms with Gasteiger partial charge in [-0.2, -0.15) is 0 Å². The van der Waals surface area contributed by atoms with Gasteiger partial charge in [-0.25, -0.2) is 4.79 Å². The van der Waals surface area contributed by atoms with E-state index in [2.05, 4.69) is 10.6 Å². The number of hydrogen-bond acceptors (Lipinski definition) is 3. The molecule has 0 aromatic heterocycles. The average Bonchev–Trinajstić information content (AvgIpc) is 2.50. The fourth-order valence-electron chi connectivity index (χ4n) is 1.91. The first kappa shape index (κ1) is 16.5. The molecule has 1 unspecified atom stereocenters. The van der Waals surface area contributed by atoms with Crippen molar-refractivity contribution in [1.29, 1.82) is 0 Å². The van der Waals surface area contributed by atoms with Crippen LogP contribution in [-0.2, 0) is 9.59 Å². The Labute approximate surface area is 120 Å². The van der Waals surface area contributed by atoms with Gasteiger partial charge in [0.25, 0.3) is 5.91 Å². The summed E-state index contributed by atoms with van der Waals surface area (Å²) in [7, 11) is 0. The summed E-state index contributed by atoms with van der Waals surface area (Å²) in [4.78, 5) is 36.4. The second kappa shape index (κ2) is 6.24. The van der Waals surface area contributed by atoms with E-state index in [9.17, 15) is 14.4 Å². The van der Waals surface area contributed by atoms with Crippen molar-refractivity contribution in [1.82, 2.24) is 15.5 Å². The largest absolute Gasteiger partial charge is 0.353 e. The lowest BCUT2D eigenvalue weighted by molar-refractivity contribution is -0.130. The van der Waals surface area contributed by atoms with E-state index in [0.29, 0.717) is 18.8 Å². The van der Waals surface area contributed by atoms with Gasteiger partial charge in [-0.1, -0.05) is 13.8 Å². The number of carbonyl (C=O) groups is 3. The van der Waals surface area contributed by atoms with Gasteiger partial charge in [0.2, 0.25) is 5.91 Å². The zero-order valence-corrected chi connectivity index (χ0v) is 12.9. The molecule has 6 nitrogen and oxygen atoms in total. The lowest BCUT2D eigenvalue weighted by atomic mass is 10.1. The zero-order chi connectivity index (χ0) is 15.5. The molecule has 0 aromatic carbocycles. The lowest BCUT2D eigenvalue weighted by Gasteiger charge is -2.18. The van der Waals surface area contributed by atoms with Gasteiger partial charge < -0.3 is 10.6 Å². The van der Waals surface area contributed by atoms with Crippen LogP contribution in [0.5, 0.6) is 0 Å². The van der Waals surface area contributed by atoms with Gasteiger partial charge in [-0.15, -0.1) is 0 Å². The molecule has 1 aliphatic heterocycles. The molecule has 1 saturated heterocycles. The van der Waals surface area contributed by atoms with Crippen molar-refractivity contribution in [2.45, 2.75) is 59.0 Å². The number of amides is 4. The Morgan fingerprint density at radius 3 is 2.35 bits per heavy atom. The molecule has 1 atom stereocenters. The van der Waals surface area contributed by atoms with E-state index < -0.39 is 5.54 Å². The van der Waals surface area contributed by atoms with Crippen molar-refractivity contribution in [3.8, 4) is 0 Å². The second-order valence-electron chi connectivity index (χ2n) is 6.22. The number of rotatable bonds is 6. The van der Waals surface area contributed by atoms with Crippen molar-refractivity contribution in [3.63, 3.8) is 0 Å². The Bertz CT molecular complexity index is 404. The third-order valence-corrected chi connectivity index (χ3v) is 3.62. The topological polar surface area (TPSA) is 78.5 Å². The summed E-state index contributed by atoms with van der Waals surface area (Å²) < 4.78 is 0. The van der Waals surface area contributed by atoms with Crippen molar-refractivity contribution in [2.75, 3.05) is 6.54 Å². The molecule has 6 heteroatoms. The Morgan fingerprint density at radius 2 is 1.90 bits per heavy atom. The van der Waals surface area contributed by atoms with E-state index in [4.69, 9.17) is 0 Å². The lowest BCUT2D eigenvalue weighted by Crippen LogP contribution is -2.40. The van der Waals surface area contributed by atoms with Crippen LogP contribution >= 0.6 is 0 Å². The predicted molar refractivity (Wildman–Crippen MR) is 76.0 cm³/mol. The van der Waals surface area contributed by atoms with Crippen LogP contribution in [0.2, 0.25) is 0 Å². The van der Waals surface area contributed by atoms with Crippen molar-refractivity contribution < 1.29 is 14.4 Å². The minimum atomic E-state index is -0.842. The minimum Gasteiger partial charge on any atom is -0.353 e. The van der Waals surface area contributed by atoms with Crippen LogP contribution in [-0.4, -0.2) is 40.9 Å². The molecule has 20 heavy (non-hydrogen) atoms. The number of imide groups is 1. The highest BCUT2D eigenvalue weighted by molar-refractivity contribution is 6.06. The molecule has 0 aromatic rings. The Hall–Kier alpha value is -1.59. The molecule has 0 radical (unpaired) electrons. The summed E-state index contributed by atoms with van der Waals surface area (Å²) in [5.74, 6) is 0.0988. The van der Waals surface area contributed by atoms with Crippen LogP contribution in [0.3, 0.4) is 0 Å². The van der Waals surface area contributed by atoms with Gasteiger partial charge in [0, 0.05) is 19.0 Å². The molecule has 1 heterocycles. The van der Waals surface area contributed by atoms with Gasteiger partial charge in [-0.3, -0.25) is 14.5 Å². The van der Waals surface area contributed by atoms with E-state index in [-0.39, 0.29) is 30.4 Å². The number of carbonyl (C=O) groups excluding carboxylic acids is 3. The van der Waals surface area contributed by atoms with Crippen molar-refractivity contribution >= 4 is 17.8 Å². The highest BCUT2D eigenvalue weighted by Crippen LogP contribution is 2.16. The standard InChI is InChI=1S/C14H25N3O3/c1-9(2)10(3)15-11(18)7-6-8-17-12(19)14(4,5)16-13(17)20/h9-10H,6-8H2,1-5H3,(H,15,18)(H,16,20). The molecule has 114 valence electrons. The SMILES string of the molecule is CC(C)C(C)NC(=O)CCCN1C(=O)NC(C)(C)C1=O. The first-order valence-electron chi connectivity index (χ1n) is 7.08. The molecule has 0 bridgehead atoms. The summed E-state index contributed by atoms with van der Waals surface area (Å²) in [5, 5.41) is 5.52. The molecular weight excluding hydrogens is 258 g/mol. The predicted octanol–water partition coefficient (Wildman–Crippen LogP) is 1.26. The molecule has 1 aliphatic rings. The molecular formula is C14H25N3O3. The second-order valence-corrected chi connectivity index (χ2v) is 6.22. The van der Waals surface area contributed by atoms with E-state index in [1.807, 2.05) is 20.8 Å². The van der Waals surface area contributed by atoms with Gasteiger partial charge in [-0.05, 0) is 33.1 Å². The Balaban J connectivity index is 2.36. The zero-order valence-electron chi connectivity index (χ0n) is 12.9. The maximum atomic E-state index is 11.9. The van der Waals surface area contributed by atoms with Crippen LogP contribution in [0.15, 0.2) is 0 Å².